The zero-order chi connectivity index (χ0) is 14.6. The molecule has 0 aliphatic heterocycles. The van der Waals surface area contributed by atoms with E-state index in [1.165, 1.54) is 6.07 Å². The van der Waals surface area contributed by atoms with E-state index in [-0.39, 0.29) is 4.90 Å². The van der Waals surface area contributed by atoms with Gasteiger partial charge in [0.2, 0.25) is 10.0 Å². The van der Waals surface area contributed by atoms with Crippen molar-refractivity contribution in [2.24, 2.45) is 5.14 Å². The summed E-state index contributed by atoms with van der Waals surface area (Å²) in [7, 11) is -3.72. The quantitative estimate of drug-likeness (QED) is 0.919. The second-order valence-electron chi connectivity index (χ2n) is 4.37. The van der Waals surface area contributed by atoms with Gasteiger partial charge in [-0.25, -0.2) is 13.6 Å². The summed E-state index contributed by atoms with van der Waals surface area (Å²) < 4.78 is 28.8. The number of ether oxygens (including phenoxy) is 1. The Labute approximate surface area is 119 Å². The molecule has 0 fully saturated rings. The summed E-state index contributed by atoms with van der Waals surface area (Å²) >= 11 is 0. The van der Waals surface area contributed by atoms with Gasteiger partial charge in [-0.15, -0.1) is 0 Å². The predicted molar refractivity (Wildman–Crippen MR) is 78.2 cm³/mol. The molecule has 5 heteroatoms. The van der Waals surface area contributed by atoms with Gasteiger partial charge in [0.1, 0.15) is 5.75 Å². The number of rotatable bonds is 5. The summed E-state index contributed by atoms with van der Waals surface area (Å²) in [5.41, 5.74) is 1.60. The van der Waals surface area contributed by atoms with E-state index in [9.17, 15) is 8.42 Å². The van der Waals surface area contributed by atoms with Crippen LogP contribution in [0.1, 0.15) is 18.1 Å². The molecule has 0 saturated heterocycles. The van der Waals surface area contributed by atoms with Crippen molar-refractivity contribution in [3.63, 3.8) is 0 Å². The topological polar surface area (TPSA) is 69.4 Å². The summed E-state index contributed by atoms with van der Waals surface area (Å²) in [6.07, 6.45) is 0.461. The molecule has 4 nitrogen and oxygen atoms in total. The zero-order valence-corrected chi connectivity index (χ0v) is 12.1. The van der Waals surface area contributed by atoms with Crippen molar-refractivity contribution >= 4 is 10.0 Å². The molecule has 0 amide bonds. The van der Waals surface area contributed by atoms with E-state index in [0.717, 1.165) is 11.3 Å². The Morgan fingerprint density at radius 1 is 1.00 bits per heavy atom. The van der Waals surface area contributed by atoms with Gasteiger partial charge < -0.3 is 4.74 Å². The molecule has 2 aromatic rings. The molecule has 0 unspecified atom stereocenters. The standard InChI is InChI=1S/C15H17NO3S/c1-2-19-14-9-5-3-7-12(14)11-13-8-4-6-10-15(13)20(16,17)18/h3-10H,2,11H2,1H3,(H2,16,17,18). The highest BCUT2D eigenvalue weighted by Gasteiger charge is 2.14. The first kappa shape index (κ1) is 14.6. The van der Waals surface area contributed by atoms with Crippen molar-refractivity contribution in [2.75, 3.05) is 6.61 Å². The highest BCUT2D eigenvalue weighted by atomic mass is 32.2. The molecule has 0 spiro atoms. The monoisotopic (exact) mass is 291 g/mol. The van der Waals surface area contributed by atoms with Crippen molar-refractivity contribution in [3.05, 3.63) is 59.7 Å². The van der Waals surface area contributed by atoms with Crippen LogP contribution < -0.4 is 9.88 Å². The molecule has 0 atom stereocenters. The Balaban J connectivity index is 2.41. The second kappa shape index (κ2) is 6.07. The SMILES string of the molecule is CCOc1ccccc1Cc1ccccc1S(N)(=O)=O. The number of primary sulfonamides is 1. The van der Waals surface area contributed by atoms with Crippen LogP contribution in [0.2, 0.25) is 0 Å². The fourth-order valence-electron chi connectivity index (χ4n) is 2.08. The molecule has 0 aliphatic rings. The summed E-state index contributed by atoms with van der Waals surface area (Å²) in [5, 5.41) is 5.25. The number of benzene rings is 2. The van der Waals surface area contributed by atoms with Gasteiger partial charge in [0.05, 0.1) is 11.5 Å². The van der Waals surface area contributed by atoms with Gasteiger partial charge in [-0.05, 0) is 30.2 Å². The maximum absolute atomic E-state index is 11.6. The van der Waals surface area contributed by atoms with Crippen LogP contribution in [0.25, 0.3) is 0 Å². The van der Waals surface area contributed by atoms with Crippen molar-refractivity contribution in [1.29, 1.82) is 0 Å². The zero-order valence-electron chi connectivity index (χ0n) is 11.2. The maximum Gasteiger partial charge on any atom is 0.238 e. The smallest absolute Gasteiger partial charge is 0.238 e. The summed E-state index contributed by atoms with van der Waals surface area (Å²) in [6, 6.07) is 14.3. The van der Waals surface area contributed by atoms with Crippen molar-refractivity contribution < 1.29 is 13.2 Å². The van der Waals surface area contributed by atoms with Crippen molar-refractivity contribution in [3.8, 4) is 5.75 Å². The molecule has 0 aliphatic carbocycles. The van der Waals surface area contributed by atoms with E-state index in [4.69, 9.17) is 9.88 Å². The van der Waals surface area contributed by atoms with Gasteiger partial charge in [-0.3, -0.25) is 0 Å². The van der Waals surface area contributed by atoms with Gasteiger partial charge in [-0.2, -0.15) is 0 Å². The minimum absolute atomic E-state index is 0.159. The van der Waals surface area contributed by atoms with E-state index in [0.29, 0.717) is 18.6 Å². The molecule has 0 aromatic heterocycles. The van der Waals surface area contributed by atoms with Crippen molar-refractivity contribution in [2.45, 2.75) is 18.2 Å². The van der Waals surface area contributed by atoms with E-state index in [1.54, 1.807) is 18.2 Å². The average molecular weight is 291 g/mol. The van der Waals surface area contributed by atoms with Crippen LogP contribution in [0.4, 0.5) is 0 Å². The van der Waals surface area contributed by atoms with E-state index in [2.05, 4.69) is 0 Å². The Morgan fingerprint density at radius 3 is 2.25 bits per heavy atom. The molecule has 106 valence electrons. The first-order valence-corrected chi connectivity index (χ1v) is 7.88. The Bertz CT molecular complexity index is 696. The Morgan fingerprint density at radius 2 is 1.60 bits per heavy atom. The van der Waals surface area contributed by atoms with Gasteiger partial charge >= 0.3 is 0 Å². The van der Waals surface area contributed by atoms with Gasteiger partial charge in [0.15, 0.2) is 0 Å². The average Bonchev–Trinajstić information content (AvgIpc) is 2.41. The molecule has 0 radical (unpaired) electrons. The normalized spacial score (nSPS) is 11.3. The molecule has 2 N–H and O–H groups in total. The van der Waals surface area contributed by atoms with Crippen LogP contribution >= 0.6 is 0 Å². The first-order valence-electron chi connectivity index (χ1n) is 6.33. The van der Waals surface area contributed by atoms with E-state index < -0.39 is 10.0 Å². The molecule has 2 aromatic carbocycles. The van der Waals surface area contributed by atoms with Crippen LogP contribution in [0.15, 0.2) is 53.4 Å². The summed E-state index contributed by atoms with van der Waals surface area (Å²) in [6.45, 7) is 2.48. The Hall–Kier alpha value is -1.85. The maximum atomic E-state index is 11.6. The van der Waals surface area contributed by atoms with Crippen LogP contribution in [-0.2, 0) is 16.4 Å². The number of para-hydroxylation sites is 1. The third-order valence-corrected chi connectivity index (χ3v) is 3.94. The first-order chi connectivity index (χ1) is 9.52. The summed E-state index contributed by atoms with van der Waals surface area (Å²) in [5.74, 6) is 0.763. The highest BCUT2D eigenvalue weighted by Crippen LogP contribution is 2.24. The number of nitrogens with two attached hydrogens (primary N) is 1. The van der Waals surface area contributed by atoms with Gasteiger partial charge in [0, 0.05) is 6.42 Å². The molecule has 0 heterocycles. The number of sulfonamides is 1. The number of hydrogen-bond acceptors (Lipinski definition) is 3. The second-order valence-corrected chi connectivity index (χ2v) is 5.90. The fourth-order valence-corrected chi connectivity index (χ4v) is 2.85. The lowest BCUT2D eigenvalue weighted by Gasteiger charge is -2.12. The molecular weight excluding hydrogens is 274 g/mol. The largest absolute Gasteiger partial charge is 0.494 e. The molecule has 2 rings (SSSR count). The van der Waals surface area contributed by atoms with Crippen molar-refractivity contribution in [1.82, 2.24) is 0 Å². The minimum Gasteiger partial charge on any atom is -0.494 e. The molecule has 0 saturated carbocycles. The van der Waals surface area contributed by atoms with Crippen LogP contribution in [0, 0.1) is 0 Å². The Kier molecular flexibility index (Phi) is 4.42. The fraction of sp³-hybridized carbons (Fsp3) is 0.200. The van der Waals surface area contributed by atoms with E-state index in [1.807, 2.05) is 31.2 Å². The lowest BCUT2D eigenvalue weighted by atomic mass is 10.0. The summed E-state index contributed by atoms with van der Waals surface area (Å²) in [4.78, 5) is 0.159. The lowest BCUT2D eigenvalue weighted by Crippen LogP contribution is -2.14. The van der Waals surface area contributed by atoms with Gasteiger partial charge in [-0.1, -0.05) is 36.4 Å². The minimum atomic E-state index is -3.72. The third kappa shape index (κ3) is 3.37. The lowest BCUT2D eigenvalue weighted by molar-refractivity contribution is 0.337. The van der Waals surface area contributed by atoms with Crippen LogP contribution in [0.5, 0.6) is 5.75 Å². The van der Waals surface area contributed by atoms with E-state index >= 15 is 0 Å². The molecule has 0 bridgehead atoms. The highest BCUT2D eigenvalue weighted by molar-refractivity contribution is 7.89. The third-order valence-electron chi connectivity index (χ3n) is 2.93. The number of hydrogen-bond donors (Lipinski definition) is 1. The molecular formula is C15H17NO3S. The molecule has 20 heavy (non-hydrogen) atoms. The van der Waals surface area contributed by atoms with Crippen LogP contribution in [-0.4, -0.2) is 15.0 Å². The van der Waals surface area contributed by atoms with Gasteiger partial charge in [0.25, 0.3) is 0 Å². The van der Waals surface area contributed by atoms with Crippen LogP contribution in [0.3, 0.4) is 0 Å². The predicted octanol–water partition coefficient (Wildman–Crippen LogP) is 2.32.